The van der Waals surface area contributed by atoms with Gasteiger partial charge in [0.1, 0.15) is 4.21 Å². The van der Waals surface area contributed by atoms with Crippen molar-refractivity contribution in [3.05, 3.63) is 17.5 Å². The number of sulfonamides is 1. The molecular weight excluding hydrogens is 352 g/mol. The Kier molecular flexibility index (Phi) is 8.38. The molecule has 1 heterocycles. The number of thioether (sulfide) groups is 1. The second-order valence-corrected chi connectivity index (χ2v) is 9.87. The number of guanidine groups is 1. The van der Waals surface area contributed by atoms with E-state index in [1.165, 1.54) is 11.3 Å². The van der Waals surface area contributed by atoms with Crippen LogP contribution in [0.5, 0.6) is 0 Å². The molecule has 0 aromatic carbocycles. The van der Waals surface area contributed by atoms with Crippen LogP contribution in [0, 0.1) is 0 Å². The lowest BCUT2D eigenvalue weighted by Gasteiger charge is -2.20. The van der Waals surface area contributed by atoms with Crippen molar-refractivity contribution in [3.8, 4) is 0 Å². The zero-order valence-corrected chi connectivity index (χ0v) is 16.5. The predicted molar refractivity (Wildman–Crippen MR) is 101 cm³/mol. The zero-order chi connectivity index (χ0) is 17.3. The van der Waals surface area contributed by atoms with E-state index in [9.17, 15) is 8.42 Å². The fourth-order valence-corrected chi connectivity index (χ4v) is 3.79. The van der Waals surface area contributed by atoms with E-state index in [4.69, 9.17) is 0 Å². The molecule has 3 N–H and O–H groups in total. The Bertz CT molecular complexity index is 583. The molecule has 1 aromatic rings. The van der Waals surface area contributed by atoms with Gasteiger partial charge in [-0.15, -0.1) is 11.3 Å². The molecule has 6 nitrogen and oxygen atoms in total. The van der Waals surface area contributed by atoms with Gasteiger partial charge in [0, 0.05) is 24.4 Å². The molecule has 0 fully saturated rings. The summed E-state index contributed by atoms with van der Waals surface area (Å²) in [6, 6.07) is 3.32. The summed E-state index contributed by atoms with van der Waals surface area (Å²) in [6.45, 7) is 8.49. The highest BCUT2D eigenvalue weighted by molar-refractivity contribution is 7.99. The molecule has 0 atom stereocenters. The number of rotatable bonds is 9. The third-order valence-corrected chi connectivity index (χ3v) is 7.08. The molecule has 23 heavy (non-hydrogen) atoms. The van der Waals surface area contributed by atoms with Gasteiger partial charge in [-0.3, -0.25) is 4.99 Å². The molecular formula is C14H26N4O2S3. The maximum atomic E-state index is 12.0. The summed E-state index contributed by atoms with van der Waals surface area (Å²) in [5, 5.41) is 8.05. The van der Waals surface area contributed by atoms with Crippen LogP contribution in [0.2, 0.25) is 0 Å². The van der Waals surface area contributed by atoms with Crippen molar-refractivity contribution in [2.45, 2.75) is 29.7 Å². The molecule has 0 aliphatic rings. The average Bonchev–Trinajstić information content (AvgIpc) is 3.04. The summed E-state index contributed by atoms with van der Waals surface area (Å²) in [7, 11) is -3.40. The van der Waals surface area contributed by atoms with E-state index in [1.54, 1.807) is 29.3 Å². The van der Waals surface area contributed by atoms with Crippen molar-refractivity contribution in [1.82, 2.24) is 15.4 Å². The minimum Gasteiger partial charge on any atom is -0.357 e. The molecule has 0 spiro atoms. The molecule has 0 radical (unpaired) electrons. The van der Waals surface area contributed by atoms with Gasteiger partial charge in [-0.25, -0.2) is 13.1 Å². The minimum atomic E-state index is -3.40. The number of hydrogen-bond acceptors (Lipinski definition) is 5. The summed E-state index contributed by atoms with van der Waals surface area (Å²) in [4.78, 5) is 4.54. The first-order chi connectivity index (χ1) is 10.8. The second-order valence-electron chi connectivity index (χ2n) is 5.42. The van der Waals surface area contributed by atoms with Crippen molar-refractivity contribution >= 4 is 39.1 Å². The highest BCUT2D eigenvalue weighted by Gasteiger charge is 2.16. The third-order valence-electron chi connectivity index (χ3n) is 2.98. The van der Waals surface area contributed by atoms with E-state index in [0.29, 0.717) is 29.8 Å². The second kappa shape index (κ2) is 9.51. The standard InChI is InChI=1S/C14H26N4O2S3/c1-5-15-13(17-11-14(2,3)21-4)16-8-9-18-23(19,20)12-7-6-10-22-12/h6-7,10,18H,5,8-9,11H2,1-4H3,(H2,15,16,17). The summed E-state index contributed by atoms with van der Waals surface area (Å²) < 4.78 is 26.9. The molecule has 0 saturated heterocycles. The lowest BCUT2D eigenvalue weighted by atomic mass is 10.2. The molecule has 132 valence electrons. The predicted octanol–water partition coefficient (Wildman–Crippen LogP) is 1.72. The van der Waals surface area contributed by atoms with Gasteiger partial charge in [0.15, 0.2) is 5.96 Å². The SMILES string of the molecule is CCNC(=NCC(C)(C)SC)NCCNS(=O)(=O)c1cccs1. The van der Waals surface area contributed by atoms with Crippen LogP contribution in [-0.4, -0.2) is 51.6 Å². The van der Waals surface area contributed by atoms with Crippen molar-refractivity contribution in [2.75, 3.05) is 32.4 Å². The maximum Gasteiger partial charge on any atom is 0.250 e. The van der Waals surface area contributed by atoms with Crippen LogP contribution >= 0.6 is 23.1 Å². The number of nitrogens with one attached hydrogen (secondary N) is 3. The Morgan fingerprint density at radius 1 is 1.35 bits per heavy atom. The zero-order valence-electron chi connectivity index (χ0n) is 14.0. The van der Waals surface area contributed by atoms with Crippen LogP contribution in [0.15, 0.2) is 26.7 Å². The molecule has 1 rings (SSSR count). The van der Waals surface area contributed by atoms with Crippen LogP contribution in [0.4, 0.5) is 0 Å². The van der Waals surface area contributed by atoms with Gasteiger partial charge in [0.2, 0.25) is 10.0 Å². The molecule has 0 aliphatic heterocycles. The van der Waals surface area contributed by atoms with E-state index >= 15 is 0 Å². The van der Waals surface area contributed by atoms with Crippen LogP contribution in [0.1, 0.15) is 20.8 Å². The first kappa shape index (κ1) is 20.3. The van der Waals surface area contributed by atoms with E-state index in [-0.39, 0.29) is 4.75 Å². The van der Waals surface area contributed by atoms with Gasteiger partial charge in [-0.05, 0) is 38.5 Å². The fraction of sp³-hybridized carbons (Fsp3) is 0.643. The van der Waals surface area contributed by atoms with Crippen LogP contribution in [0.3, 0.4) is 0 Å². The monoisotopic (exact) mass is 378 g/mol. The van der Waals surface area contributed by atoms with Crippen LogP contribution in [0.25, 0.3) is 0 Å². The summed E-state index contributed by atoms with van der Waals surface area (Å²) in [6.07, 6.45) is 2.06. The van der Waals surface area contributed by atoms with Crippen molar-refractivity contribution in [1.29, 1.82) is 0 Å². The fourth-order valence-electron chi connectivity index (χ4n) is 1.53. The van der Waals surface area contributed by atoms with E-state index in [2.05, 4.69) is 40.5 Å². The van der Waals surface area contributed by atoms with Crippen molar-refractivity contribution in [3.63, 3.8) is 0 Å². The molecule has 0 bridgehead atoms. The molecule has 0 unspecified atom stereocenters. The van der Waals surface area contributed by atoms with Crippen LogP contribution < -0.4 is 15.4 Å². The first-order valence-corrected chi connectivity index (χ1v) is 11.0. The van der Waals surface area contributed by atoms with E-state index < -0.39 is 10.0 Å². The average molecular weight is 379 g/mol. The highest BCUT2D eigenvalue weighted by Crippen LogP contribution is 2.20. The Morgan fingerprint density at radius 3 is 2.65 bits per heavy atom. The number of aliphatic imine (C=N–C) groups is 1. The minimum absolute atomic E-state index is 0.0725. The van der Waals surface area contributed by atoms with Crippen molar-refractivity contribution < 1.29 is 8.42 Å². The number of hydrogen-bond donors (Lipinski definition) is 3. The Labute approximate surface area is 147 Å². The normalized spacial score (nSPS) is 13.1. The lowest BCUT2D eigenvalue weighted by Crippen LogP contribution is -2.42. The van der Waals surface area contributed by atoms with E-state index in [1.807, 2.05) is 6.92 Å². The molecule has 0 saturated carbocycles. The summed E-state index contributed by atoms with van der Waals surface area (Å²) in [5.41, 5.74) is 0. The maximum absolute atomic E-state index is 12.0. The smallest absolute Gasteiger partial charge is 0.250 e. The van der Waals surface area contributed by atoms with Gasteiger partial charge in [-0.2, -0.15) is 11.8 Å². The van der Waals surface area contributed by atoms with Gasteiger partial charge < -0.3 is 10.6 Å². The van der Waals surface area contributed by atoms with Crippen LogP contribution in [-0.2, 0) is 10.0 Å². The summed E-state index contributed by atoms with van der Waals surface area (Å²) >= 11 is 2.97. The molecule has 0 aliphatic carbocycles. The Hall–Kier alpha value is -0.770. The van der Waals surface area contributed by atoms with E-state index in [0.717, 1.165) is 6.54 Å². The molecule has 9 heteroatoms. The summed E-state index contributed by atoms with van der Waals surface area (Å²) in [5.74, 6) is 0.699. The number of thiophene rings is 1. The van der Waals surface area contributed by atoms with Crippen molar-refractivity contribution in [2.24, 2.45) is 4.99 Å². The van der Waals surface area contributed by atoms with Gasteiger partial charge >= 0.3 is 0 Å². The van der Waals surface area contributed by atoms with Gasteiger partial charge in [-0.1, -0.05) is 6.07 Å². The third kappa shape index (κ3) is 7.56. The van der Waals surface area contributed by atoms with Gasteiger partial charge in [0.05, 0.1) is 6.54 Å². The lowest BCUT2D eigenvalue weighted by molar-refractivity contribution is 0.582. The van der Waals surface area contributed by atoms with Gasteiger partial charge in [0.25, 0.3) is 0 Å². The highest BCUT2D eigenvalue weighted by atomic mass is 32.2. The topological polar surface area (TPSA) is 82.6 Å². The molecule has 0 amide bonds. The Balaban J connectivity index is 2.46. The Morgan fingerprint density at radius 2 is 2.09 bits per heavy atom. The molecule has 1 aromatic heterocycles. The quantitative estimate of drug-likeness (QED) is 0.346. The first-order valence-electron chi connectivity index (χ1n) is 7.41. The largest absolute Gasteiger partial charge is 0.357 e. The number of nitrogens with zero attached hydrogens (tertiary/aromatic N) is 1.